The molecule has 0 fully saturated rings. The van der Waals surface area contributed by atoms with Crippen molar-refractivity contribution in [2.75, 3.05) is 11.9 Å². The quantitative estimate of drug-likeness (QED) is 0.492. The van der Waals surface area contributed by atoms with Crippen molar-refractivity contribution in [3.8, 4) is 0 Å². The number of aryl methyl sites for hydroxylation is 2. The van der Waals surface area contributed by atoms with E-state index in [9.17, 15) is 10.1 Å². The van der Waals surface area contributed by atoms with Crippen LogP contribution in [0.3, 0.4) is 0 Å². The molecule has 0 unspecified atom stereocenters. The van der Waals surface area contributed by atoms with Gasteiger partial charge >= 0.3 is 0 Å². The van der Waals surface area contributed by atoms with Gasteiger partial charge in [-0.1, -0.05) is 0 Å². The average molecular weight is 260 g/mol. The van der Waals surface area contributed by atoms with Crippen LogP contribution in [0.4, 0.5) is 11.4 Å². The van der Waals surface area contributed by atoms with Crippen molar-refractivity contribution in [3.05, 3.63) is 52.3 Å². The van der Waals surface area contributed by atoms with Crippen molar-refractivity contribution in [1.29, 1.82) is 0 Å². The number of nitro benzene ring substituents is 1. The van der Waals surface area contributed by atoms with Crippen molar-refractivity contribution in [3.63, 3.8) is 0 Å². The number of nitrogens with zero attached hydrogens (tertiary/aromatic N) is 3. The van der Waals surface area contributed by atoms with Gasteiger partial charge in [0.25, 0.3) is 5.69 Å². The molecule has 0 amide bonds. The van der Waals surface area contributed by atoms with Gasteiger partial charge in [-0.25, -0.2) is 0 Å². The van der Waals surface area contributed by atoms with E-state index in [1.807, 2.05) is 23.9 Å². The van der Waals surface area contributed by atoms with Gasteiger partial charge in [0.05, 0.1) is 4.92 Å². The smallest absolute Gasteiger partial charge is 0.269 e. The fourth-order valence-electron chi connectivity index (χ4n) is 1.86. The first-order valence-electron chi connectivity index (χ1n) is 6.13. The Hall–Kier alpha value is -2.37. The van der Waals surface area contributed by atoms with Crippen molar-refractivity contribution in [2.24, 2.45) is 0 Å². The van der Waals surface area contributed by atoms with Crippen molar-refractivity contribution < 1.29 is 4.92 Å². The molecule has 0 bridgehead atoms. The third-order valence-electron chi connectivity index (χ3n) is 2.86. The van der Waals surface area contributed by atoms with E-state index in [2.05, 4.69) is 10.4 Å². The van der Waals surface area contributed by atoms with Gasteiger partial charge in [-0.3, -0.25) is 14.8 Å². The number of hydrogen-bond acceptors (Lipinski definition) is 4. The van der Waals surface area contributed by atoms with E-state index in [4.69, 9.17) is 0 Å². The lowest BCUT2D eigenvalue weighted by Gasteiger charge is -2.09. The molecule has 1 N–H and O–H groups in total. The second kappa shape index (κ2) is 5.99. The predicted octanol–water partition coefficient (Wildman–Crippen LogP) is 2.60. The monoisotopic (exact) mass is 260 g/mol. The lowest BCUT2D eigenvalue weighted by Crippen LogP contribution is -2.07. The van der Waals surface area contributed by atoms with Gasteiger partial charge in [-0.2, -0.15) is 5.10 Å². The third-order valence-corrected chi connectivity index (χ3v) is 2.86. The molecule has 1 aromatic heterocycles. The summed E-state index contributed by atoms with van der Waals surface area (Å²) in [7, 11) is 0. The summed E-state index contributed by atoms with van der Waals surface area (Å²) < 4.78 is 1.88. The summed E-state index contributed by atoms with van der Waals surface area (Å²) in [4.78, 5) is 10.3. The topological polar surface area (TPSA) is 73.0 Å². The van der Waals surface area contributed by atoms with Gasteiger partial charge in [-0.15, -0.1) is 0 Å². The Morgan fingerprint density at radius 2 is 2.32 bits per heavy atom. The molecular formula is C13H16N4O2. The molecule has 0 atom stereocenters. The van der Waals surface area contributed by atoms with Crippen LogP contribution in [-0.2, 0) is 6.54 Å². The molecule has 0 radical (unpaired) electrons. The van der Waals surface area contributed by atoms with E-state index < -0.39 is 0 Å². The minimum absolute atomic E-state index is 0.125. The summed E-state index contributed by atoms with van der Waals surface area (Å²) in [5.74, 6) is 0. The van der Waals surface area contributed by atoms with Gasteiger partial charge < -0.3 is 5.32 Å². The van der Waals surface area contributed by atoms with Gasteiger partial charge in [-0.05, 0) is 31.0 Å². The lowest BCUT2D eigenvalue weighted by atomic mass is 10.2. The predicted molar refractivity (Wildman–Crippen MR) is 73.2 cm³/mol. The fraction of sp³-hybridized carbons (Fsp3) is 0.308. The summed E-state index contributed by atoms with van der Waals surface area (Å²) in [5.41, 5.74) is 1.94. The van der Waals surface area contributed by atoms with Crippen molar-refractivity contribution in [2.45, 2.75) is 19.9 Å². The van der Waals surface area contributed by atoms with Crippen LogP contribution in [0.25, 0.3) is 0 Å². The van der Waals surface area contributed by atoms with Gasteiger partial charge in [0.15, 0.2) is 0 Å². The lowest BCUT2D eigenvalue weighted by molar-refractivity contribution is -0.384. The van der Waals surface area contributed by atoms with E-state index in [0.717, 1.165) is 30.8 Å². The maximum atomic E-state index is 10.6. The van der Waals surface area contributed by atoms with Crippen LogP contribution in [0.2, 0.25) is 0 Å². The number of benzene rings is 1. The molecule has 0 saturated carbocycles. The second-order valence-corrected chi connectivity index (χ2v) is 4.31. The maximum absolute atomic E-state index is 10.6. The van der Waals surface area contributed by atoms with E-state index >= 15 is 0 Å². The zero-order valence-corrected chi connectivity index (χ0v) is 10.7. The zero-order chi connectivity index (χ0) is 13.7. The van der Waals surface area contributed by atoms with E-state index in [1.165, 1.54) is 6.07 Å². The average Bonchev–Trinajstić information content (AvgIpc) is 2.89. The summed E-state index contributed by atoms with van der Waals surface area (Å²) in [6, 6.07) is 6.74. The Morgan fingerprint density at radius 3 is 2.95 bits per heavy atom. The number of anilines is 1. The van der Waals surface area contributed by atoms with E-state index in [-0.39, 0.29) is 10.6 Å². The molecule has 1 heterocycles. The largest absolute Gasteiger partial charge is 0.385 e. The van der Waals surface area contributed by atoms with E-state index in [0.29, 0.717) is 0 Å². The molecule has 6 nitrogen and oxygen atoms in total. The highest BCUT2D eigenvalue weighted by Gasteiger charge is 2.07. The number of non-ortho nitro benzene ring substituents is 1. The van der Waals surface area contributed by atoms with Crippen LogP contribution in [-0.4, -0.2) is 21.2 Å². The van der Waals surface area contributed by atoms with Gasteiger partial charge in [0.1, 0.15) is 0 Å². The molecule has 0 aliphatic heterocycles. The molecule has 6 heteroatoms. The second-order valence-electron chi connectivity index (χ2n) is 4.31. The first-order chi connectivity index (χ1) is 9.16. The molecular weight excluding hydrogens is 244 g/mol. The highest BCUT2D eigenvalue weighted by molar-refractivity contribution is 5.55. The zero-order valence-electron chi connectivity index (χ0n) is 10.7. The molecule has 2 aromatic rings. The molecule has 1 aromatic carbocycles. The normalized spacial score (nSPS) is 10.4. The van der Waals surface area contributed by atoms with Crippen LogP contribution in [0.5, 0.6) is 0 Å². The van der Waals surface area contributed by atoms with E-state index in [1.54, 1.807) is 18.3 Å². The summed E-state index contributed by atoms with van der Waals surface area (Å²) in [6.07, 6.45) is 4.63. The Kier molecular flexibility index (Phi) is 4.12. The molecule has 0 saturated heterocycles. The highest BCUT2D eigenvalue weighted by Crippen LogP contribution is 2.20. The molecule has 0 aliphatic rings. The minimum Gasteiger partial charge on any atom is -0.385 e. The SMILES string of the molecule is Cc1cc([N+](=O)[O-])ccc1NCCCn1cccn1. The third kappa shape index (κ3) is 3.54. The highest BCUT2D eigenvalue weighted by atomic mass is 16.6. The van der Waals surface area contributed by atoms with Crippen LogP contribution in [0, 0.1) is 17.0 Å². The Morgan fingerprint density at radius 1 is 1.47 bits per heavy atom. The number of rotatable bonds is 6. The van der Waals surface area contributed by atoms with Crippen LogP contribution in [0.1, 0.15) is 12.0 Å². The van der Waals surface area contributed by atoms with Crippen molar-refractivity contribution >= 4 is 11.4 Å². The van der Waals surface area contributed by atoms with Gasteiger partial charge in [0.2, 0.25) is 0 Å². The minimum atomic E-state index is -0.380. The molecule has 0 aliphatic carbocycles. The molecule has 0 spiro atoms. The molecule has 2 rings (SSSR count). The molecule has 19 heavy (non-hydrogen) atoms. The van der Waals surface area contributed by atoms with Crippen molar-refractivity contribution in [1.82, 2.24) is 9.78 Å². The number of nitro groups is 1. The standard InChI is InChI=1S/C13H16N4O2/c1-11-10-12(17(18)19)4-5-13(11)14-6-2-8-16-9-3-7-15-16/h3-5,7,9-10,14H,2,6,8H2,1H3. The summed E-state index contributed by atoms with van der Waals surface area (Å²) >= 11 is 0. The summed E-state index contributed by atoms with van der Waals surface area (Å²) in [6.45, 7) is 3.52. The number of aromatic nitrogens is 2. The number of nitrogens with one attached hydrogen (secondary N) is 1. The van der Waals surface area contributed by atoms with Crippen LogP contribution in [0.15, 0.2) is 36.7 Å². The van der Waals surface area contributed by atoms with Crippen LogP contribution < -0.4 is 5.32 Å². The first-order valence-corrected chi connectivity index (χ1v) is 6.13. The van der Waals surface area contributed by atoms with Gasteiger partial charge in [0, 0.05) is 43.3 Å². The Labute approximate surface area is 111 Å². The maximum Gasteiger partial charge on any atom is 0.269 e. The number of hydrogen-bond donors (Lipinski definition) is 1. The van der Waals surface area contributed by atoms with Crippen LogP contribution >= 0.6 is 0 Å². The Bertz CT molecular complexity index is 552. The first kappa shape index (κ1) is 13.1. The fourth-order valence-corrected chi connectivity index (χ4v) is 1.86. The summed E-state index contributed by atoms with van der Waals surface area (Å²) in [5, 5.41) is 18.0. The Balaban J connectivity index is 1.84. The molecule has 100 valence electrons.